The van der Waals surface area contributed by atoms with Crippen LogP contribution in [0.1, 0.15) is 39.0 Å². The van der Waals surface area contributed by atoms with Gasteiger partial charge in [0.15, 0.2) is 0 Å². The Bertz CT molecular complexity index is 425. The number of hydrogen-bond donors (Lipinski definition) is 0. The second kappa shape index (κ2) is 7.94. The van der Waals surface area contributed by atoms with E-state index in [-0.39, 0.29) is 0 Å². The molecule has 0 heterocycles. The van der Waals surface area contributed by atoms with Gasteiger partial charge < -0.3 is 4.90 Å². The van der Waals surface area contributed by atoms with E-state index in [9.17, 15) is 0 Å². The maximum absolute atomic E-state index is 3.90. The number of rotatable bonds is 7. The molecule has 2 unspecified atom stereocenters. The van der Waals surface area contributed by atoms with Crippen LogP contribution in [-0.2, 0) is 0 Å². The van der Waals surface area contributed by atoms with E-state index >= 15 is 0 Å². The Balaban J connectivity index is 2.03. The molecule has 2 aliphatic carbocycles. The molecular formula is C19H27N. The Morgan fingerprint density at radius 1 is 1.35 bits per heavy atom. The molecule has 1 nitrogen and oxygen atoms in total. The standard InChI is InChI=1S/C19H27N/c1-3-17(4-2)11-10-16-20(19-14-8-9-15-19)18-12-6-5-7-13-18/h3,6,8,10-14,17,19H,1,4-5,7,9,15-16H2,2H3/b11-10-. The highest BCUT2D eigenvalue weighted by atomic mass is 15.2. The molecule has 0 fully saturated rings. The van der Waals surface area contributed by atoms with Gasteiger partial charge in [-0.3, -0.25) is 0 Å². The van der Waals surface area contributed by atoms with E-state index < -0.39 is 0 Å². The van der Waals surface area contributed by atoms with Gasteiger partial charge in [-0.2, -0.15) is 0 Å². The number of allylic oxidation sites excluding steroid dienone is 6. The first kappa shape index (κ1) is 14.9. The Kier molecular flexibility index (Phi) is 5.91. The quantitative estimate of drug-likeness (QED) is 0.587. The lowest BCUT2D eigenvalue weighted by atomic mass is 10.1. The molecule has 0 radical (unpaired) electrons. The van der Waals surface area contributed by atoms with Gasteiger partial charge in [0.05, 0.1) is 0 Å². The summed E-state index contributed by atoms with van der Waals surface area (Å²) in [6.07, 6.45) is 24.2. The second-order valence-electron chi connectivity index (χ2n) is 5.57. The molecule has 0 saturated carbocycles. The monoisotopic (exact) mass is 269 g/mol. The summed E-state index contributed by atoms with van der Waals surface area (Å²) in [5, 5.41) is 0. The summed E-state index contributed by atoms with van der Waals surface area (Å²) in [6, 6.07) is 0.567. The molecule has 0 amide bonds. The second-order valence-corrected chi connectivity index (χ2v) is 5.57. The first-order valence-corrected chi connectivity index (χ1v) is 7.94. The van der Waals surface area contributed by atoms with E-state index in [1.54, 1.807) is 0 Å². The fraction of sp³-hybridized carbons (Fsp3) is 0.474. The van der Waals surface area contributed by atoms with Crippen molar-refractivity contribution >= 4 is 0 Å². The summed E-state index contributed by atoms with van der Waals surface area (Å²) in [6.45, 7) is 7.10. The summed E-state index contributed by atoms with van der Waals surface area (Å²) in [4.78, 5) is 2.53. The molecule has 20 heavy (non-hydrogen) atoms. The highest BCUT2D eigenvalue weighted by Crippen LogP contribution is 2.24. The molecule has 0 aromatic rings. The van der Waals surface area contributed by atoms with E-state index in [1.165, 1.54) is 31.4 Å². The van der Waals surface area contributed by atoms with Crippen LogP contribution in [0.25, 0.3) is 0 Å². The molecule has 0 aliphatic heterocycles. The predicted molar refractivity (Wildman–Crippen MR) is 88.4 cm³/mol. The summed E-state index contributed by atoms with van der Waals surface area (Å²) in [5.41, 5.74) is 1.39. The van der Waals surface area contributed by atoms with Gasteiger partial charge in [0, 0.05) is 18.3 Å². The predicted octanol–water partition coefficient (Wildman–Crippen LogP) is 5.01. The van der Waals surface area contributed by atoms with Crippen LogP contribution in [0, 0.1) is 5.92 Å². The van der Waals surface area contributed by atoms with Gasteiger partial charge in [0.25, 0.3) is 0 Å². The zero-order valence-corrected chi connectivity index (χ0v) is 12.7. The van der Waals surface area contributed by atoms with Crippen LogP contribution in [0.4, 0.5) is 0 Å². The van der Waals surface area contributed by atoms with E-state index in [1.807, 2.05) is 6.08 Å². The highest BCUT2D eigenvalue weighted by molar-refractivity contribution is 5.24. The van der Waals surface area contributed by atoms with Crippen LogP contribution in [-0.4, -0.2) is 17.5 Å². The lowest BCUT2D eigenvalue weighted by Gasteiger charge is -2.31. The van der Waals surface area contributed by atoms with Gasteiger partial charge in [0.2, 0.25) is 0 Å². The summed E-state index contributed by atoms with van der Waals surface area (Å²) in [7, 11) is 0. The smallest absolute Gasteiger partial charge is 0.0479 e. The molecular weight excluding hydrogens is 242 g/mol. The summed E-state index contributed by atoms with van der Waals surface area (Å²) >= 11 is 0. The minimum Gasteiger partial charge on any atom is -0.362 e. The zero-order chi connectivity index (χ0) is 14.2. The molecule has 0 aromatic carbocycles. The molecule has 0 saturated heterocycles. The lowest BCUT2D eigenvalue weighted by molar-refractivity contribution is 0.324. The van der Waals surface area contributed by atoms with E-state index in [4.69, 9.17) is 0 Å². The molecule has 0 bridgehead atoms. The van der Waals surface area contributed by atoms with Crippen LogP contribution < -0.4 is 0 Å². The molecule has 2 aliphatic rings. The Morgan fingerprint density at radius 3 is 2.85 bits per heavy atom. The maximum atomic E-state index is 3.90. The van der Waals surface area contributed by atoms with Crippen molar-refractivity contribution < 1.29 is 0 Å². The number of nitrogens with zero attached hydrogens (tertiary/aromatic N) is 1. The third-order valence-electron chi connectivity index (χ3n) is 4.15. The minimum atomic E-state index is 0.506. The fourth-order valence-corrected chi connectivity index (χ4v) is 2.85. The van der Waals surface area contributed by atoms with Crippen LogP contribution in [0.3, 0.4) is 0 Å². The Morgan fingerprint density at radius 2 is 2.25 bits per heavy atom. The van der Waals surface area contributed by atoms with Crippen molar-refractivity contribution in [2.75, 3.05) is 6.54 Å². The van der Waals surface area contributed by atoms with Gasteiger partial charge in [0.1, 0.15) is 0 Å². The molecule has 1 heteroatoms. The maximum Gasteiger partial charge on any atom is 0.0479 e. The minimum absolute atomic E-state index is 0.506. The first-order valence-electron chi connectivity index (χ1n) is 7.94. The molecule has 0 aromatic heterocycles. The van der Waals surface area contributed by atoms with Crippen molar-refractivity contribution in [3.63, 3.8) is 0 Å². The van der Waals surface area contributed by atoms with Crippen LogP contribution >= 0.6 is 0 Å². The van der Waals surface area contributed by atoms with Crippen molar-refractivity contribution in [1.29, 1.82) is 0 Å². The van der Waals surface area contributed by atoms with Crippen LogP contribution in [0.5, 0.6) is 0 Å². The van der Waals surface area contributed by atoms with Crippen molar-refractivity contribution in [2.24, 2.45) is 5.92 Å². The Hall–Kier alpha value is -1.50. The SMILES string of the molecule is C=CC(/C=C\CN(C1=CCCC=C1)C1C=CCC1)CC. The molecule has 2 rings (SSSR count). The van der Waals surface area contributed by atoms with Gasteiger partial charge in [-0.25, -0.2) is 0 Å². The largest absolute Gasteiger partial charge is 0.362 e. The van der Waals surface area contributed by atoms with Gasteiger partial charge in [-0.05, 0) is 44.1 Å². The third-order valence-corrected chi connectivity index (χ3v) is 4.15. The average molecular weight is 269 g/mol. The van der Waals surface area contributed by atoms with Crippen molar-refractivity contribution in [1.82, 2.24) is 4.90 Å². The number of hydrogen-bond acceptors (Lipinski definition) is 1. The highest BCUT2D eigenvalue weighted by Gasteiger charge is 2.19. The molecule has 2 atom stereocenters. The van der Waals surface area contributed by atoms with Crippen molar-refractivity contribution in [2.45, 2.75) is 45.1 Å². The molecule has 108 valence electrons. The van der Waals surface area contributed by atoms with Crippen molar-refractivity contribution in [3.05, 3.63) is 60.9 Å². The topological polar surface area (TPSA) is 3.24 Å². The zero-order valence-electron chi connectivity index (χ0n) is 12.7. The van der Waals surface area contributed by atoms with E-state index in [2.05, 4.69) is 60.9 Å². The average Bonchev–Trinajstić information content (AvgIpc) is 3.02. The summed E-state index contributed by atoms with van der Waals surface area (Å²) < 4.78 is 0. The first-order chi connectivity index (χ1) is 9.85. The van der Waals surface area contributed by atoms with Gasteiger partial charge in [-0.1, -0.05) is 49.5 Å². The third kappa shape index (κ3) is 4.00. The van der Waals surface area contributed by atoms with E-state index in [0.717, 1.165) is 13.0 Å². The fourth-order valence-electron chi connectivity index (χ4n) is 2.85. The van der Waals surface area contributed by atoms with Gasteiger partial charge >= 0.3 is 0 Å². The van der Waals surface area contributed by atoms with Crippen LogP contribution in [0.15, 0.2) is 60.9 Å². The molecule has 0 spiro atoms. The van der Waals surface area contributed by atoms with E-state index in [0.29, 0.717) is 12.0 Å². The normalized spacial score (nSPS) is 23.1. The Labute approximate surface area is 124 Å². The molecule has 0 N–H and O–H groups in total. The summed E-state index contributed by atoms with van der Waals surface area (Å²) in [5.74, 6) is 0.506. The lowest BCUT2D eigenvalue weighted by Crippen LogP contribution is -2.32. The van der Waals surface area contributed by atoms with Crippen LogP contribution in [0.2, 0.25) is 0 Å². The van der Waals surface area contributed by atoms with Crippen molar-refractivity contribution in [3.8, 4) is 0 Å². The van der Waals surface area contributed by atoms with Gasteiger partial charge in [-0.15, -0.1) is 6.58 Å².